The molecular weight excluding hydrogens is 464 g/mol. The Bertz CT molecular complexity index is 983. The van der Waals surface area contributed by atoms with Gasteiger partial charge in [0.05, 0.1) is 16.3 Å². The number of carbonyl (C=O) groups excluding carboxylic acids is 1. The second-order valence-electron chi connectivity index (χ2n) is 7.10. The lowest BCUT2D eigenvalue weighted by Gasteiger charge is -2.34. The van der Waals surface area contributed by atoms with Crippen LogP contribution in [-0.2, 0) is 13.0 Å². The van der Waals surface area contributed by atoms with Gasteiger partial charge in [-0.15, -0.1) is 11.3 Å². The molecule has 0 bridgehead atoms. The molecule has 0 spiro atoms. The molecule has 1 aliphatic rings. The van der Waals surface area contributed by atoms with Gasteiger partial charge in [0.1, 0.15) is 5.75 Å². The molecule has 8 heteroatoms. The number of ether oxygens (including phenoxy) is 1. The molecule has 30 heavy (non-hydrogen) atoms. The van der Waals surface area contributed by atoms with E-state index in [0.29, 0.717) is 30.3 Å². The van der Waals surface area contributed by atoms with Crippen LogP contribution in [0.25, 0.3) is 0 Å². The summed E-state index contributed by atoms with van der Waals surface area (Å²) in [6.45, 7) is 6.09. The number of aryl methyl sites for hydroxylation is 1. The van der Waals surface area contributed by atoms with E-state index < -0.39 is 0 Å². The smallest absolute Gasteiger partial charge is 0.255 e. The number of thiazole rings is 1. The normalized spacial score (nSPS) is 14.7. The fourth-order valence-electron chi connectivity index (χ4n) is 3.30. The van der Waals surface area contributed by atoms with Crippen LogP contribution >= 0.6 is 27.3 Å². The minimum absolute atomic E-state index is 0.0132. The lowest BCUT2D eigenvalue weighted by atomic mass is 10.2. The Kier molecular flexibility index (Phi) is 6.76. The third kappa shape index (κ3) is 5.24. The van der Waals surface area contributed by atoms with E-state index in [2.05, 4.69) is 43.1 Å². The predicted molar refractivity (Wildman–Crippen MR) is 121 cm³/mol. The lowest BCUT2D eigenvalue weighted by Crippen LogP contribution is -2.48. The highest BCUT2D eigenvalue weighted by atomic mass is 79.9. The van der Waals surface area contributed by atoms with E-state index in [0.717, 1.165) is 36.2 Å². The monoisotopic (exact) mass is 486 g/mol. The Labute approximate surface area is 188 Å². The fraction of sp³-hybridized carbons (Fsp3) is 0.318. The third-order valence-corrected chi connectivity index (χ3v) is 6.54. The molecule has 4 rings (SSSR count). The Morgan fingerprint density at radius 1 is 1.13 bits per heavy atom. The summed E-state index contributed by atoms with van der Waals surface area (Å²) in [5.74, 6) is 1.18. The lowest BCUT2D eigenvalue weighted by molar-refractivity contribution is 0.0627. The van der Waals surface area contributed by atoms with Crippen molar-refractivity contribution in [3.8, 4) is 11.6 Å². The highest BCUT2D eigenvalue weighted by molar-refractivity contribution is 9.10. The van der Waals surface area contributed by atoms with Gasteiger partial charge < -0.3 is 9.64 Å². The maximum atomic E-state index is 12.8. The third-order valence-electron chi connectivity index (χ3n) is 4.97. The van der Waals surface area contributed by atoms with Crippen LogP contribution in [0.1, 0.15) is 28.0 Å². The van der Waals surface area contributed by atoms with Crippen LogP contribution in [0.2, 0.25) is 0 Å². The van der Waals surface area contributed by atoms with Crippen molar-refractivity contribution in [1.29, 1.82) is 0 Å². The van der Waals surface area contributed by atoms with Gasteiger partial charge in [-0.2, -0.15) is 0 Å². The van der Waals surface area contributed by atoms with Gasteiger partial charge in [0.25, 0.3) is 5.91 Å². The van der Waals surface area contributed by atoms with Crippen molar-refractivity contribution in [2.24, 2.45) is 0 Å². The first kappa shape index (κ1) is 21.0. The van der Waals surface area contributed by atoms with Crippen molar-refractivity contribution in [3.63, 3.8) is 0 Å². The van der Waals surface area contributed by atoms with Gasteiger partial charge >= 0.3 is 0 Å². The first-order valence-corrected chi connectivity index (χ1v) is 11.6. The zero-order valence-electron chi connectivity index (χ0n) is 16.8. The highest BCUT2D eigenvalue weighted by Crippen LogP contribution is 2.22. The number of nitrogens with zero attached hydrogens (tertiary/aromatic N) is 4. The molecule has 3 aromatic rings. The molecule has 0 aliphatic carbocycles. The number of aromatic nitrogens is 2. The molecular formula is C22H23BrN4O2S. The first-order valence-electron chi connectivity index (χ1n) is 9.95. The zero-order valence-corrected chi connectivity index (χ0v) is 19.2. The molecule has 0 saturated carbocycles. The van der Waals surface area contributed by atoms with Gasteiger partial charge in [-0.05, 0) is 36.8 Å². The SMILES string of the molecule is CCc1nc(CN2CCN(C(=O)c3ccc(Oc4ccc(Br)cc4)nc3)CC2)cs1. The predicted octanol–water partition coefficient (Wildman–Crippen LogP) is 4.61. The second kappa shape index (κ2) is 9.68. The van der Waals surface area contributed by atoms with E-state index in [1.54, 1.807) is 29.7 Å². The summed E-state index contributed by atoms with van der Waals surface area (Å²) in [7, 11) is 0. The van der Waals surface area contributed by atoms with E-state index in [-0.39, 0.29) is 5.91 Å². The van der Waals surface area contributed by atoms with Crippen LogP contribution in [-0.4, -0.2) is 51.9 Å². The van der Waals surface area contributed by atoms with Crippen LogP contribution in [0, 0.1) is 0 Å². The van der Waals surface area contributed by atoms with Crippen LogP contribution in [0.3, 0.4) is 0 Å². The first-order chi connectivity index (χ1) is 14.6. The van der Waals surface area contributed by atoms with Crippen molar-refractivity contribution in [2.45, 2.75) is 19.9 Å². The average molecular weight is 487 g/mol. The Morgan fingerprint density at radius 3 is 2.53 bits per heavy atom. The number of piperazine rings is 1. The molecule has 0 N–H and O–H groups in total. The number of hydrogen-bond donors (Lipinski definition) is 0. The molecule has 1 fully saturated rings. The van der Waals surface area contributed by atoms with E-state index in [4.69, 9.17) is 4.74 Å². The maximum Gasteiger partial charge on any atom is 0.255 e. The summed E-state index contributed by atoms with van der Waals surface area (Å²) in [5.41, 5.74) is 1.71. The number of amides is 1. The summed E-state index contributed by atoms with van der Waals surface area (Å²) in [5, 5.41) is 3.32. The van der Waals surface area contributed by atoms with Gasteiger partial charge in [0.15, 0.2) is 0 Å². The van der Waals surface area contributed by atoms with Gasteiger partial charge in [0, 0.05) is 54.8 Å². The van der Waals surface area contributed by atoms with Crippen molar-refractivity contribution < 1.29 is 9.53 Å². The van der Waals surface area contributed by atoms with Crippen LogP contribution in [0.5, 0.6) is 11.6 Å². The molecule has 2 aromatic heterocycles. The molecule has 156 valence electrons. The summed E-state index contributed by atoms with van der Waals surface area (Å²) in [6.07, 6.45) is 2.57. The van der Waals surface area contributed by atoms with Gasteiger partial charge in [-0.1, -0.05) is 22.9 Å². The standard InChI is InChI=1S/C22H23BrN4O2S/c1-2-21-25-18(15-30-21)14-26-9-11-27(12-10-26)22(28)16-3-8-20(24-13-16)29-19-6-4-17(23)5-7-19/h3-8,13,15H,2,9-12,14H2,1H3. The number of benzene rings is 1. The van der Waals surface area contributed by atoms with Gasteiger partial charge in [-0.3, -0.25) is 9.69 Å². The average Bonchev–Trinajstić information content (AvgIpc) is 3.23. The topological polar surface area (TPSA) is 58.6 Å². The minimum atomic E-state index is 0.0132. The fourth-order valence-corrected chi connectivity index (χ4v) is 4.30. The maximum absolute atomic E-state index is 12.8. The summed E-state index contributed by atoms with van der Waals surface area (Å²) in [4.78, 5) is 26.0. The van der Waals surface area contributed by atoms with Crippen molar-refractivity contribution in [1.82, 2.24) is 19.8 Å². The largest absolute Gasteiger partial charge is 0.439 e. The Morgan fingerprint density at radius 2 is 1.90 bits per heavy atom. The number of hydrogen-bond acceptors (Lipinski definition) is 6. The zero-order chi connectivity index (χ0) is 20.9. The highest BCUT2D eigenvalue weighted by Gasteiger charge is 2.23. The minimum Gasteiger partial charge on any atom is -0.439 e. The van der Waals surface area contributed by atoms with Crippen LogP contribution in [0.15, 0.2) is 52.4 Å². The quantitative estimate of drug-likeness (QED) is 0.508. The second-order valence-corrected chi connectivity index (χ2v) is 8.95. The molecule has 0 atom stereocenters. The number of pyridine rings is 1. The van der Waals surface area contributed by atoms with Gasteiger partial charge in [0.2, 0.25) is 5.88 Å². The van der Waals surface area contributed by atoms with Crippen LogP contribution < -0.4 is 4.74 Å². The van der Waals surface area contributed by atoms with E-state index in [1.165, 1.54) is 5.01 Å². The van der Waals surface area contributed by atoms with E-state index in [1.807, 2.05) is 29.2 Å². The molecule has 3 heterocycles. The van der Waals surface area contributed by atoms with E-state index in [9.17, 15) is 4.79 Å². The molecule has 1 aliphatic heterocycles. The molecule has 1 amide bonds. The molecule has 0 unspecified atom stereocenters. The van der Waals surface area contributed by atoms with Crippen LogP contribution in [0.4, 0.5) is 0 Å². The summed E-state index contributed by atoms with van der Waals surface area (Å²) < 4.78 is 6.71. The van der Waals surface area contributed by atoms with Crippen molar-refractivity contribution in [3.05, 3.63) is 68.7 Å². The van der Waals surface area contributed by atoms with Crippen molar-refractivity contribution in [2.75, 3.05) is 26.2 Å². The van der Waals surface area contributed by atoms with Crippen molar-refractivity contribution >= 4 is 33.2 Å². The number of halogens is 1. The summed E-state index contributed by atoms with van der Waals surface area (Å²) >= 11 is 5.12. The summed E-state index contributed by atoms with van der Waals surface area (Å²) in [6, 6.07) is 11.0. The molecule has 0 radical (unpaired) electrons. The van der Waals surface area contributed by atoms with E-state index >= 15 is 0 Å². The number of rotatable bonds is 6. The molecule has 6 nitrogen and oxygen atoms in total. The number of carbonyl (C=O) groups is 1. The van der Waals surface area contributed by atoms with Gasteiger partial charge in [-0.25, -0.2) is 9.97 Å². The molecule has 1 saturated heterocycles. The Balaban J connectivity index is 1.29. The Hall–Kier alpha value is -2.29. The molecule has 1 aromatic carbocycles.